The first kappa shape index (κ1) is 15.0. The average Bonchev–Trinajstić information content (AvgIpc) is 2.39. The highest BCUT2D eigenvalue weighted by molar-refractivity contribution is 5.71. The Hall–Kier alpha value is -2.02. The second-order valence-corrected chi connectivity index (χ2v) is 3.89. The summed E-state index contributed by atoms with van der Waals surface area (Å²) in [6, 6.07) is 3.99. The molecular formula is C12H15FN2O4. The Balaban J connectivity index is 2.88. The van der Waals surface area contributed by atoms with Crippen LogP contribution in [0.15, 0.2) is 18.2 Å². The minimum absolute atomic E-state index is 0.00906. The second kappa shape index (κ2) is 6.79. The Kier molecular flexibility index (Phi) is 5.37. The number of methoxy groups -OCH3 is 1. The molecule has 0 radical (unpaired) electrons. The van der Waals surface area contributed by atoms with E-state index >= 15 is 0 Å². The van der Waals surface area contributed by atoms with E-state index in [0.29, 0.717) is 6.54 Å². The highest BCUT2D eigenvalue weighted by Gasteiger charge is 2.19. The molecule has 0 heterocycles. The number of esters is 1. The van der Waals surface area contributed by atoms with Gasteiger partial charge in [0, 0.05) is 18.2 Å². The zero-order chi connectivity index (χ0) is 14.4. The number of nitro benzene ring substituents is 1. The van der Waals surface area contributed by atoms with E-state index in [1.165, 1.54) is 19.2 Å². The van der Waals surface area contributed by atoms with Crippen molar-refractivity contribution < 1.29 is 18.8 Å². The molecule has 7 heteroatoms. The van der Waals surface area contributed by atoms with Crippen molar-refractivity contribution in [1.82, 2.24) is 4.90 Å². The maximum absolute atomic E-state index is 13.9. The molecule has 6 nitrogen and oxygen atoms in total. The van der Waals surface area contributed by atoms with Gasteiger partial charge in [0.2, 0.25) is 5.82 Å². The zero-order valence-electron chi connectivity index (χ0n) is 10.8. The monoisotopic (exact) mass is 270 g/mol. The molecule has 0 saturated heterocycles. The number of rotatable bonds is 6. The predicted octanol–water partition coefficient (Wildman–Crippen LogP) is 1.73. The lowest BCUT2D eigenvalue weighted by atomic mass is 10.1. The summed E-state index contributed by atoms with van der Waals surface area (Å²) in [6.45, 7) is 2.42. The van der Waals surface area contributed by atoms with Crippen molar-refractivity contribution in [3.63, 3.8) is 0 Å². The van der Waals surface area contributed by atoms with E-state index in [2.05, 4.69) is 4.74 Å². The molecule has 0 aromatic heterocycles. The number of nitrogens with zero attached hydrogens (tertiary/aromatic N) is 2. The van der Waals surface area contributed by atoms with Gasteiger partial charge in [0.1, 0.15) is 0 Å². The van der Waals surface area contributed by atoms with Crippen LogP contribution in [0, 0.1) is 15.9 Å². The van der Waals surface area contributed by atoms with Crippen molar-refractivity contribution in [2.75, 3.05) is 20.2 Å². The number of hydrogen-bond acceptors (Lipinski definition) is 5. The Morgan fingerprint density at radius 2 is 2.21 bits per heavy atom. The summed E-state index contributed by atoms with van der Waals surface area (Å²) < 4.78 is 18.4. The fourth-order valence-electron chi connectivity index (χ4n) is 1.60. The quantitative estimate of drug-likeness (QED) is 0.447. The highest BCUT2D eigenvalue weighted by Crippen LogP contribution is 2.21. The van der Waals surface area contributed by atoms with E-state index in [9.17, 15) is 19.3 Å². The molecule has 1 aromatic rings. The molecule has 0 atom stereocenters. The largest absolute Gasteiger partial charge is 0.468 e. The van der Waals surface area contributed by atoms with E-state index in [-0.39, 0.29) is 18.7 Å². The van der Waals surface area contributed by atoms with Crippen molar-refractivity contribution in [1.29, 1.82) is 0 Å². The SMILES string of the molecule is CCN(CC(=O)OC)Cc1cccc([N+](=O)[O-])c1F. The van der Waals surface area contributed by atoms with Crippen LogP contribution in [0.4, 0.5) is 10.1 Å². The maximum Gasteiger partial charge on any atom is 0.319 e. The molecule has 0 bridgehead atoms. The third-order valence-electron chi connectivity index (χ3n) is 2.68. The summed E-state index contributed by atoms with van der Waals surface area (Å²) >= 11 is 0. The molecule has 104 valence electrons. The number of hydrogen-bond donors (Lipinski definition) is 0. The molecule has 0 aliphatic carbocycles. The van der Waals surface area contributed by atoms with Crippen molar-refractivity contribution in [2.45, 2.75) is 13.5 Å². The molecule has 0 fully saturated rings. The van der Waals surface area contributed by atoms with Crippen LogP contribution in [0.1, 0.15) is 12.5 Å². The summed E-state index contributed by atoms with van der Waals surface area (Å²) in [4.78, 5) is 22.7. The summed E-state index contributed by atoms with van der Waals surface area (Å²) in [7, 11) is 1.27. The highest BCUT2D eigenvalue weighted by atomic mass is 19.1. The summed E-state index contributed by atoms with van der Waals surface area (Å²) in [5, 5.41) is 10.6. The fourth-order valence-corrected chi connectivity index (χ4v) is 1.60. The first-order valence-electron chi connectivity index (χ1n) is 5.70. The fraction of sp³-hybridized carbons (Fsp3) is 0.417. The third-order valence-corrected chi connectivity index (χ3v) is 2.68. The summed E-state index contributed by atoms with van der Waals surface area (Å²) in [6.07, 6.45) is 0. The van der Waals surface area contributed by atoms with Crippen molar-refractivity contribution in [3.05, 3.63) is 39.7 Å². The predicted molar refractivity (Wildman–Crippen MR) is 66.0 cm³/mol. The summed E-state index contributed by atoms with van der Waals surface area (Å²) in [5.74, 6) is -1.30. The molecule has 0 aliphatic heterocycles. The Bertz CT molecular complexity index is 479. The first-order chi connectivity index (χ1) is 8.99. The Morgan fingerprint density at radius 3 is 2.74 bits per heavy atom. The second-order valence-electron chi connectivity index (χ2n) is 3.89. The van der Waals surface area contributed by atoms with Gasteiger partial charge in [0.25, 0.3) is 0 Å². The van der Waals surface area contributed by atoms with Crippen molar-refractivity contribution in [3.8, 4) is 0 Å². The average molecular weight is 270 g/mol. The van der Waals surface area contributed by atoms with E-state index in [1.807, 2.05) is 0 Å². The Labute approximate surface area is 109 Å². The van der Waals surface area contributed by atoms with Gasteiger partial charge in [-0.25, -0.2) is 0 Å². The van der Waals surface area contributed by atoms with Gasteiger partial charge in [0.05, 0.1) is 18.6 Å². The van der Waals surface area contributed by atoms with Crippen LogP contribution < -0.4 is 0 Å². The molecule has 0 aliphatic rings. The van der Waals surface area contributed by atoms with E-state index < -0.39 is 22.4 Å². The lowest BCUT2D eigenvalue weighted by Gasteiger charge is -2.19. The molecule has 1 rings (SSSR count). The number of nitro groups is 1. The van der Waals surface area contributed by atoms with Crippen LogP contribution in [0.3, 0.4) is 0 Å². The number of likely N-dealkylation sites (N-methyl/N-ethyl adjacent to an activating group) is 1. The smallest absolute Gasteiger partial charge is 0.319 e. The van der Waals surface area contributed by atoms with Crippen LogP contribution in [0.2, 0.25) is 0 Å². The van der Waals surface area contributed by atoms with Crippen LogP contribution in [0.25, 0.3) is 0 Å². The Morgan fingerprint density at radius 1 is 1.53 bits per heavy atom. The number of halogens is 1. The van der Waals surface area contributed by atoms with Gasteiger partial charge in [-0.05, 0) is 6.54 Å². The van der Waals surface area contributed by atoms with Crippen molar-refractivity contribution >= 4 is 11.7 Å². The number of carbonyl (C=O) groups excluding carboxylic acids is 1. The molecule has 0 amide bonds. The standard InChI is InChI=1S/C12H15FN2O4/c1-3-14(8-11(16)19-2)7-9-5-4-6-10(12(9)13)15(17)18/h4-6H,3,7-8H2,1-2H3. The van der Waals surface area contributed by atoms with E-state index in [1.54, 1.807) is 11.8 Å². The summed E-state index contributed by atoms with van der Waals surface area (Å²) in [5.41, 5.74) is -0.383. The molecule has 0 unspecified atom stereocenters. The van der Waals surface area contributed by atoms with Crippen LogP contribution in [0.5, 0.6) is 0 Å². The van der Waals surface area contributed by atoms with Gasteiger partial charge in [-0.3, -0.25) is 19.8 Å². The number of benzene rings is 1. The lowest BCUT2D eigenvalue weighted by Crippen LogP contribution is -2.30. The normalized spacial score (nSPS) is 10.5. The minimum Gasteiger partial charge on any atom is -0.468 e. The van der Waals surface area contributed by atoms with Crippen molar-refractivity contribution in [2.24, 2.45) is 0 Å². The number of carbonyl (C=O) groups is 1. The third kappa shape index (κ3) is 3.99. The van der Waals surface area contributed by atoms with Gasteiger partial charge in [-0.2, -0.15) is 4.39 Å². The van der Waals surface area contributed by atoms with Gasteiger partial charge in [0.15, 0.2) is 0 Å². The number of ether oxygens (including phenoxy) is 1. The molecule has 19 heavy (non-hydrogen) atoms. The van der Waals surface area contributed by atoms with Crippen LogP contribution in [-0.2, 0) is 16.1 Å². The minimum atomic E-state index is -0.865. The lowest BCUT2D eigenvalue weighted by molar-refractivity contribution is -0.387. The topological polar surface area (TPSA) is 72.7 Å². The van der Waals surface area contributed by atoms with Gasteiger partial charge in [-0.15, -0.1) is 0 Å². The van der Waals surface area contributed by atoms with E-state index in [0.717, 1.165) is 6.07 Å². The zero-order valence-corrected chi connectivity index (χ0v) is 10.8. The molecule has 1 aromatic carbocycles. The molecule has 0 saturated carbocycles. The van der Waals surface area contributed by atoms with Gasteiger partial charge in [-0.1, -0.05) is 19.1 Å². The molecule has 0 spiro atoms. The first-order valence-corrected chi connectivity index (χ1v) is 5.70. The van der Waals surface area contributed by atoms with Crippen LogP contribution in [-0.4, -0.2) is 36.0 Å². The van der Waals surface area contributed by atoms with Gasteiger partial charge < -0.3 is 4.74 Å². The molecule has 0 N–H and O–H groups in total. The molecular weight excluding hydrogens is 255 g/mol. The van der Waals surface area contributed by atoms with Crippen LogP contribution >= 0.6 is 0 Å². The van der Waals surface area contributed by atoms with Gasteiger partial charge >= 0.3 is 11.7 Å². The van der Waals surface area contributed by atoms with E-state index in [4.69, 9.17) is 0 Å². The maximum atomic E-state index is 13.9.